The standard InChI is InChI=1S/C11H4F6N4/c12-10(13,14)5-1-2-6(7(3-5)11(15,16)17)9-8(4-18)19-21-20-9/h1-3H,(H,19,20,21). The minimum Gasteiger partial charge on any atom is -0.196 e. The topological polar surface area (TPSA) is 65.4 Å². The van der Waals surface area contributed by atoms with Crippen molar-refractivity contribution >= 4 is 0 Å². The average molecular weight is 306 g/mol. The average Bonchev–Trinajstić information content (AvgIpc) is 2.84. The van der Waals surface area contributed by atoms with Crippen LogP contribution in [0.5, 0.6) is 0 Å². The molecule has 2 rings (SSSR count). The van der Waals surface area contributed by atoms with Gasteiger partial charge in [0.05, 0.1) is 11.1 Å². The van der Waals surface area contributed by atoms with Crippen molar-refractivity contribution in [1.29, 1.82) is 5.26 Å². The second-order valence-corrected chi connectivity index (χ2v) is 3.89. The molecule has 0 aliphatic heterocycles. The molecule has 0 aliphatic rings. The third kappa shape index (κ3) is 2.81. The van der Waals surface area contributed by atoms with E-state index in [1.54, 1.807) is 0 Å². The lowest BCUT2D eigenvalue weighted by Crippen LogP contribution is -2.12. The molecule has 0 saturated heterocycles. The number of aromatic nitrogens is 3. The Labute approximate surface area is 113 Å². The maximum atomic E-state index is 12.9. The predicted octanol–water partition coefficient (Wildman–Crippen LogP) is 3.38. The van der Waals surface area contributed by atoms with Gasteiger partial charge in [0.1, 0.15) is 11.8 Å². The molecule has 0 amide bonds. The normalized spacial score (nSPS) is 12.2. The number of nitriles is 1. The second kappa shape index (κ2) is 4.76. The van der Waals surface area contributed by atoms with Crippen molar-refractivity contribution in [2.24, 2.45) is 0 Å². The molecule has 0 atom stereocenters. The highest BCUT2D eigenvalue weighted by molar-refractivity contribution is 5.69. The van der Waals surface area contributed by atoms with Gasteiger partial charge >= 0.3 is 12.4 Å². The fourth-order valence-corrected chi connectivity index (χ4v) is 1.66. The van der Waals surface area contributed by atoms with E-state index >= 15 is 0 Å². The smallest absolute Gasteiger partial charge is 0.196 e. The van der Waals surface area contributed by atoms with E-state index in [0.29, 0.717) is 12.1 Å². The predicted molar refractivity (Wildman–Crippen MR) is 56.5 cm³/mol. The van der Waals surface area contributed by atoms with Gasteiger partial charge in [-0.25, -0.2) is 0 Å². The van der Waals surface area contributed by atoms with E-state index in [4.69, 9.17) is 5.26 Å². The number of H-pyrrole nitrogens is 1. The van der Waals surface area contributed by atoms with Crippen LogP contribution in [-0.4, -0.2) is 15.4 Å². The monoisotopic (exact) mass is 306 g/mol. The van der Waals surface area contributed by atoms with Crippen molar-refractivity contribution in [2.45, 2.75) is 12.4 Å². The highest BCUT2D eigenvalue weighted by Crippen LogP contribution is 2.40. The summed E-state index contributed by atoms with van der Waals surface area (Å²) in [6.07, 6.45) is -9.96. The highest BCUT2D eigenvalue weighted by Gasteiger charge is 2.39. The number of halogens is 6. The molecule has 21 heavy (non-hydrogen) atoms. The molecule has 4 nitrogen and oxygen atoms in total. The number of rotatable bonds is 1. The van der Waals surface area contributed by atoms with Gasteiger partial charge in [0.2, 0.25) is 0 Å². The van der Waals surface area contributed by atoms with Gasteiger partial charge in [-0.05, 0) is 12.1 Å². The molecule has 0 radical (unpaired) electrons. The number of nitrogens with zero attached hydrogens (tertiary/aromatic N) is 3. The highest BCUT2D eigenvalue weighted by atomic mass is 19.4. The molecule has 0 spiro atoms. The van der Waals surface area contributed by atoms with Gasteiger partial charge in [0, 0.05) is 5.56 Å². The van der Waals surface area contributed by atoms with Gasteiger partial charge in [0.15, 0.2) is 5.69 Å². The molecule has 1 aromatic heterocycles. The van der Waals surface area contributed by atoms with Gasteiger partial charge in [-0.15, -0.1) is 5.10 Å². The Bertz CT molecular complexity index is 707. The lowest BCUT2D eigenvalue weighted by atomic mass is 9.99. The van der Waals surface area contributed by atoms with Crippen LogP contribution in [0.15, 0.2) is 18.2 Å². The Hall–Kier alpha value is -2.57. The molecule has 0 bridgehead atoms. The third-order valence-electron chi connectivity index (χ3n) is 2.56. The molecule has 10 heteroatoms. The van der Waals surface area contributed by atoms with E-state index in [2.05, 4.69) is 10.2 Å². The summed E-state index contributed by atoms with van der Waals surface area (Å²) in [7, 11) is 0. The fraction of sp³-hybridized carbons (Fsp3) is 0.182. The Morgan fingerprint density at radius 1 is 1.00 bits per heavy atom. The fourth-order valence-electron chi connectivity index (χ4n) is 1.66. The van der Waals surface area contributed by atoms with E-state index < -0.39 is 40.4 Å². The van der Waals surface area contributed by atoms with Crippen LogP contribution in [0.25, 0.3) is 11.3 Å². The van der Waals surface area contributed by atoms with Gasteiger partial charge in [-0.3, -0.25) is 0 Å². The van der Waals surface area contributed by atoms with Crippen molar-refractivity contribution in [3.63, 3.8) is 0 Å². The van der Waals surface area contributed by atoms with Crippen molar-refractivity contribution in [3.05, 3.63) is 35.0 Å². The van der Waals surface area contributed by atoms with Crippen LogP contribution in [0.4, 0.5) is 26.3 Å². The van der Waals surface area contributed by atoms with Gasteiger partial charge in [0.25, 0.3) is 0 Å². The molecule has 0 fully saturated rings. The molecule has 0 saturated carbocycles. The summed E-state index contributed by atoms with van der Waals surface area (Å²) in [6, 6.07) is 2.58. The SMILES string of the molecule is N#Cc1n[nH]nc1-c1ccc(C(F)(F)F)cc1C(F)(F)F. The maximum absolute atomic E-state index is 12.9. The second-order valence-electron chi connectivity index (χ2n) is 3.89. The number of hydrogen-bond acceptors (Lipinski definition) is 3. The summed E-state index contributed by atoms with van der Waals surface area (Å²) < 4.78 is 76.4. The number of aromatic amines is 1. The Morgan fingerprint density at radius 2 is 1.67 bits per heavy atom. The van der Waals surface area contributed by atoms with Gasteiger partial charge in [-0.1, -0.05) is 6.07 Å². The molecule has 2 aromatic rings. The van der Waals surface area contributed by atoms with Crippen LogP contribution in [0.2, 0.25) is 0 Å². The lowest BCUT2D eigenvalue weighted by molar-refractivity contribution is -0.142. The number of benzene rings is 1. The third-order valence-corrected chi connectivity index (χ3v) is 2.56. The first kappa shape index (κ1) is 14.8. The van der Waals surface area contributed by atoms with Crippen LogP contribution in [-0.2, 0) is 12.4 Å². The first-order valence-corrected chi connectivity index (χ1v) is 5.24. The minimum atomic E-state index is -5.04. The summed E-state index contributed by atoms with van der Waals surface area (Å²) in [5.74, 6) is 0. The molecule has 0 unspecified atom stereocenters. The molecular weight excluding hydrogens is 302 g/mol. The molecular formula is C11H4F6N4. The Kier molecular flexibility index (Phi) is 3.36. The van der Waals surface area contributed by atoms with E-state index in [-0.39, 0.29) is 6.07 Å². The van der Waals surface area contributed by atoms with Gasteiger partial charge in [-0.2, -0.15) is 41.9 Å². The summed E-state index contributed by atoms with van der Waals surface area (Å²) in [5.41, 5.74) is -4.54. The van der Waals surface area contributed by atoms with Crippen molar-refractivity contribution in [1.82, 2.24) is 15.4 Å². The van der Waals surface area contributed by atoms with Crippen LogP contribution in [0.3, 0.4) is 0 Å². The molecule has 110 valence electrons. The van der Waals surface area contributed by atoms with E-state index in [9.17, 15) is 26.3 Å². The van der Waals surface area contributed by atoms with Crippen molar-refractivity contribution in [3.8, 4) is 17.3 Å². The van der Waals surface area contributed by atoms with E-state index in [1.165, 1.54) is 6.07 Å². The number of hydrogen-bond donors (Lipinski definition) is 1. The molecule has 0 aliphatic carbocycles. The number of nitrogens with one attached hydrogen (secondary N) is 1. The van der Waals surface area contributed by atoms with E-state index in [0.717, 1.165) is 0 Å². The van der Waals surface area contributed by atoms with E-state index in [1.807, 2.05) is 5.21 Å². The summed E-state index contributed by atoms with van der Waals surface area (Å²) in [4.78, 5) is 0. The van der Waals surface area contributed by atoms with Gasteiger partial charge < -0.3 is 0 Å². The zero-order valence-electron chi connectivity index (χ0n) is 9.84. The largest absolute Gasteiger partial charge is 0.417 e. The first-order valence-electron chi connectivity index (χ1n) is 5.24. The molecule has 1 heterocycles. The van der Waals surface area contributed by atoms with Crippen LogP contribution in [0.1, 0.15) is 16.8 Å². The quantitative estimate of drug-likeness (QED) is 0.821. The maximum Gasteiger partial charge on any atom is 0.417 e. The first-order chi connectivity index (χ1) is 9.64. The van der Waals surface area contributed by atoms with Crippen LogP contribution < -0.4 is 0 Å². The van der Waals surface area contributed by atoms with Crippen molar-refractivity contribution < 1.29 is 26.3 Å². The zero-order valence-corrected chi connectivity index (χ0v) is 9.84. The Balaban J connectivity index is 2.71. The number of alkyl halides is 6. The summed E-state index contributed by atoms with van der Waals surface area (Å²) >= 11 is 0. The zero-order chi connectivity index (χ0) is 15.8. The minimum absolute atomic E-state index is 0.0227. The van der Waals surface area contributed by atoms with Crippen molar-refractivity contribution in [2.75, 3.05) is 0 Å². The Morgan fingerprint density at radius 3 is 2.19 bits per heavy atom. The van der Waals surface area contributed by atoms with Crippen LogP contribution >= 0.6 is 0 Å². The molecule has 1 N–H and O–H groups in total. The lowest BCUT2D eigenvalue weighted by Gasteiger charge is -2.14. The summed E-state index contributed by atoms with van der Waals surface area (Å²) in [5, 5.41) is 17.4. The summed E-state index contributed by atoms with van der Waals surface area (Å²) in [6.45, 7) is 0. The van der Waals surface area contributed by atoms with Crippen LogP contribution in [0, 0.1) is 11.3 Å². The molecule has 1 aromatic carbocycles.